The molecule has 2 aromatic heterocycles. The number of rotatable bonds is 3. The van der Waals surface area contributed by atoms with Crippen LogP contribution in [0.2, 0.25) is 10.0 Å². The Balaban J connectivity index is 1.58. The van der Waals surface area contributed by atoms with Gasteiger partial charge in [0.2, 0.25) is 11.2 Å². The van der Waals surface area contributed by atoms with Crippen molar-refractivity contribution in [2.24, 2.45) is 0 Å². The molecule has 7 heteroatoms. The molecule has 0 spiro atoms. The molecule has 1 aliphatic carbocycles. The van der Waals surface area contributed by atoms with E-state index in [2.05, 4.69) is 0 Å². The number of aromatic nitrogens is 1. The molecule has 0 saturated carbocycles. The zero-order chi connectivity index (χ0) is 24.8. The van der Waals surface area contributed by atoms with Gasteiger partial charge in [-0.25, -0.2) is 4.79 Å². The number of benzene rings is 3. The van der Waals surface area contributed by atoms with E-state index in [-0.39, 0.29) is 16.9 Å². The van der Waals surface area contributed by atoms with Crippen LogP contribution in [0.5, 0.6) is 5.75 Å². The van der Waals surface area contributed by atoms with E-state index >= 15 is 0 Å². The van der Waals surface area contributed by atoms with Crippen LogP contribution >= 0.6 is 23.2 Å². The number of halogens is 2. The van der Waals surface area contributed by atoms with Gasteiger partial charge in [-0.3, -0.25) is 9.78 Å². The molecule has 0 amide bonds. The second kappa shape index (κ2) is 9.08. The summed E-state index contributed by atoms with van der Waals surface area (Å²) in [7, 11) is 0. The lowest BCUT2D eigenvalue weighted by Gasteiger charge is -2.20. The molecule has 178 valence electrons. The van der Waals surface area contributed by atoms with Crippen molar-refractivity contribution in [3.63, 3.8) is 0 Å². The van der Waals surface area contributed by atoms with Crippen molar-refractivity contribution in [3.8, 4) is 17.1 Å². The Labute approximate surface area is 216 Å². The number of esters is 1. The van der Waals surface area contributed by atoms with Crippen molar-refractivity contribution < 1.29 is 13.9 Å². The molecule has 0 unspecified atom stereocenters. The fraction of sp³-hybridized carbons (Fsp3) is 0.138. The number of para-hydroxylation sites is 1. The van der Waals surface area contributed by atoms with Crippen LogP contribution in [-0.2, 0) is 12.8 Å². The third kappa shape index (κ3) is 3.85. The van der Waals surface area contributed by atoms with Crippen LogP contribution in [0.15, 0.2) is 75.9 Å². The van der Waals surface area contributed by atoms with Crippen LogP contribution in [0.25, 0.3) is 33.2 Å². The molecule has 0 fully saturated rings. The summed E-state index contributed by atoms with van der Waals surface area (Å²) in [6.07, 6.45) is 3.48. The third-order valence-corrected chi connectivity index (χ3v) is 7.06. The van der Waals surface area contributed by atoms with Gasteiger partial charge < -0.3 is 9.15 Å². The van der Waals surface area contributed by atoms with E-state index in [1.54, 1.807) is 36.4 Å². The van der Waals surface area contributed by atoms with Gasteiger partial charge >= 0.3 is 5.97 Å². The Bertz CT molecular complexity index is 1740. The van der Waals surface area contributed by atoms with Gasteiger partial charge in [0.1, 0.15) is 5.58 Å². The molecule has 0 aliphatic heterocycles. The Kier molecular flexibility index (Phi) is 5.75. The molecular formula is C29H19Cl2NO4. The summed E-state index contributed by atoms with van der Waals surface area (Å²) in [5, 5.41) is 1.63. The number of carbonyl (C=O) groups is 1. The minimum Gasteiger partial charge on any atom is -0.452 e. The standard InChI is InChI=1S/C29H19Cl2NO4/c30-16-13-14-24-20(15-16)26(33)28(27(35-24)17-7-1-4-10-21(17)31)36-29(34)25-18-8-2-5-11-22(18)32-23-12-6-3-9-19(23)25/h1-2,4-5,7-8,10-11,13-15H,3,6,9,12H2. The quantitative estimate of drug-likeness (QED) is 0.234. The van der Waals surface area contributed by atoms with Crippen molar-refractivity contribution in [2.45, 2.75) is 25.7 Å². The second-order valence-corrected chi connectivity index (χ2v) is 9.58. The van der Waals surface area contributed by atoms with Crippen molar-refractivity contribution in [1.29, 1.82) is 0 Å². The lowest BCUT2D eigenvalue weighted by molar-refractivity contribution is 0.0732. The maximum absolute atomic E-state index is 13.8. The molecule has 36 heavy (non-hydrogen) atoms. The number of hydrogen-bond donors (Lipinski definition) is 0. The minimum absolute atomic E-state index is 0.0843. The van der Waals surface area contributed by atoms with Crippen molar-refractivity contribution in [1.82, 2.24) is 4.98 Å². The topological polar surface area (TPSA) is 69.4 Å². The Morgan fingerprint density at radius 2 is 1.69 bits per heavy atom. The Morgan fingerprint density at radius 3 is 2.56 bits per heavy atom. The van der Waals surface area contributed by atoms with E-state index < -0.39 is 11.4 Å². The van der Waals surface area contributed by atoms with Gasteiger partial charge in [-0.1, -0.05) is 53.5 Å². The fourth-order valence-corrected chi connectivity index (χ4v) is 5.21. The minimum atomic E-state index is -0.631. The molecule has 0 N–H and O–H groups in total. The molecule has 3 aromatic carbocycles. The first kappa shape index (κ1) is 22.8. The van der Waals surface area contributed by atoms with Crippen LogP contribution in [0.1, 0.15) is 34.5 Å². The summed E-state index contributed by atoms with van der Waals surface area (Å²) >= 11 is 12.6. The first-order chi connectivity index (χ1) is 17.5. The zero-order valence-corrected chi connectivity index (χ0v) is 20.5. The van der Waals surface area contributed by atoms with E-state index in [0.717, 1.165) is 36.9 Å². The summed E-state index contributed by atoms with van der Waals surface area (Å²) in [5.74, 6) is -0.775. The molecule has 0 saturated heterocycles. The monoisotopic (exact) mass is 515 g/mol. The number of aryl methyl sites for hydroxylation is 1. The summed E-state index contributed by atoms with van der Waals surface area (Å²) in [6.45, 7) is 0. The van der Waals surface area contributed by atoms with Crippen LogP contribution < -0.4 is 10.2 Å². The molecule has 0 radical (unpaired) electrons. The fourth-order valence-electron chi connectivity index (χ4n) is 4.82. The third-order valence-electron chi connectivity index (χ3n) is 6.50. The summed E-state index contributed by atoms with van der Waals surface area (Å²) in [5.41, 5.74) is 3.17. The largest absolute Gasteiger partial charge is 0.452 e. The van der Waals surface area contributed by atoms with E-state index in [4.69, 9.17) is 37.3 Å². The smallest absolute Gasteiger partial charge is 0.344 e. The van der Waals surface area contributed by atoms with E-state index in [1.807, 2.05) is 24.3 Å². The van der Waals surface area contributed by atoms with Gasteiger partial charge in [0, 0.05) is 21.7 Å². The maximum atomic E-state index is 13.8. The SMILES string of the molecule is O=C(Oc1c(-c2ccccc2Cl)oc2ccc(Cl)cc2c1=O)c1c2c(nc3ccccc13)CCCC2. The van der Waals surface area contributed by atoms with Gasteiger partial charge in [0.25, 0.3) is 0 Å². The van der Waals surface area contributed by atoms with Crippen LogP contribution in [0, 0.1) is 0 Å². The van der Waals surface area contributed by atoms with Gasteiger partial charge in [-0.2, -0.15) is 0 Å². The van der Waals surface area contributed by atoms with E-state index in [0.29, 0.717) is 37.7 Å². The van der Waals surface area contributed by atoms with Gasteiger partial charge in [0.05, 0.1) is 21.5 Å². The lowest BCUT2D eigenvalue weighted by Crippen LogP contribution is -2.20. The van der Waals surface area contributed by atoms with E-state index in [9.17, 15) is 9.59 Å². The highest BCUT2D eigenvalue weighted by Crippen LogP contribution is 2.37. The highest BCUT2D eigenvalue weighted by atomic mass is 35.5. The normalized spacial score (nSPS) is 13.1. The highest BCUT2D eigenvalue weighted by molar-refractivity contribution is 6.33. The van der Waals surface area contributed by atoms with Gasteiger partial charge in [0.15, 0.2) is 5.76 Å². The Morgan fingerprint density at radius 1 is 0.917 bits per heavy atom. The Hall–Kier alpha value is -3.67. The van der Waals surface area contributed by atoms with Gasteiger partial charge in [-0.15, -0.1) is 0 Å². The van der Waals surface area contributed by atoms with Crippen molar-refractivity contribution >= 4 is 51.0 Å². The highest BCUT2D eigenvalue weighted by Gasteiger charge is 2.27. The second-order valence-electron chi connectivity index (χ2n) is 8.74. The molecule has 1 aliphatic rings. The summed E-state index contributed by atoms with van der Waals surface area (Å²) < 4.78 is 12.0. The molecule has 2 heterocycles. The van der Waals surface area contributed by atoms with E-state index in [1.165, 1.54) is 6.07 Å². The predicted molar refractivity (Wildman–Crippen MR) is 141 cm³/mol. The molecule has 0 atom stereocenters. The van der Waals surface area contributed by atoms with Gasteiger partial charge in [-0.05, 0) is 67.6 Å². The molecule has 0 bridgehead atoms. The number of hydrogen-bond acceptors (Lipinski definition) is 5. The van der Waals surface area contributed by atoms with Crippen molar-refractivity contribution in [3.05, 3.63) is 104 Å². The number of carbonyl (C=O) groups excluding carboxylic acids is 1. The van der Waals surface area contributed by atoms with Crippen LogP contribution in [0.3, 0.4) is 0 Å². The molecular weight excluding hydrogens is 497 g/mol. The predicted octanol–water partition coefficient (Wildman–Crippen LogP) is 7.41. The number of nitrogens with zero attached hydrogens (tertiary/aromatic N) is 1. The number of ether oxygens (including phenoxy) is 1. The summed E-state index contributed by atoms with van der Waals surface area (Å²) in [6, 6.07) is 19.1. The first-order valence-electron chi connectivity index (χ1n) is 11.6. The lowest BCUT2D eigenvalue weighted by atomic mass is 9.90. The maximum Gasteiger partial charge on any atom is 0.344 e. The molecule has 6 rings (SSSR count). The average Bonchev–Trinajstić information content (AvgIpc) is 2.89. The average molecular weight is 516 g/mol. The molecule has 5 nitrogen and oxygen atoms in total. The van der Waals surface area contributed by atoms with Crippen LogP contribution in [0.4, 0.5) is 0 Å². The zero-order valence-electron chi connectivity index (χ0n) is 19.0. The number of pyridine rings is 1. The van der Waals surface area contributed by atoms with Crippen molar-refractivity contribution in [2.75, 3.05) is 0 Å². The molecule has 5 aromatic rings. The first-order valence-corrected chi connectivity index (χ1v) is 12.4. The summed E-state index contributed by atoms with van der Waals surface area (Å²) in [4.78, 5) is 32.3. The van der Waals surface area contributed by atoms with Crippen LogP contribution in [-0.4, -0.2) is 11.0 Å². The number of fused-ring (bicyclic) bond motifs is 3.